The lowest BCUT2D eigenvalue weighted by molar-refractivity contribution is 0.0810. The third-order valence-corrected chi connectivity index (χ3v) is 8.01. The summed E-state index contributed by atoms with van der Waals surface area (Å²) in [4.78, 5) is 14.1. The fraction of sp³-hybridized carbons (Fsp3) is 0.480. The molecule has 2 aromatic rings. The number of likely N-dealkylation sites (N-methyl/N-ethyl adjacent to an activating group) is 1. The number of benzene rings is 2. The molecule has 1 aliphatic rings. The van der Waals surface area contributed by atoms with Crippen molar-refractivity contribution in [2.75, 3.05) is 26.7 Å². The number of aliphatic hydroxyl groups is 1. The normalized spacial score (nSPS) is 21.0. The summed E-state index contributed by atoms with van der Waals surface area (Å²) in [5, 5.41) is 12.6. The van der Waals surface area contributed by atoms with E-state index in [9.17, 15) is 18.3 Å². The van der Waals surface area contributed by atoms with Crippen molar-refractivity contribution in [2.45, 2.75) is 50.8 Å². The first-order valence-electron chi connectivity index (χ1n) is 11.5. The molecule has 0 aliphatic carbocycles. The molecule has 0 saturated carbocycles. The van der Waals surface area contributed by atoms with Crippen molar-refractivity contribution < 1.29 is 23.1 Å². The third kappa shape index (κ3) is 5.71. The Balaban J connectivity index is 2.06. The van der Waals surface area contributed by atoms with Gasteiger partial charge in [0.05, 0.1) is 13.2 Å². The lowest BCUT2D eigenvalue weighted by Gasteiger charge is -2.37. The number of fused-ring (bicyclic) bond motifs is 1. The molecule has 3 atom stereocenters. The van der Waals surface area contributed by atoms with Crippen molar-refractivity contribution in [3.05, 3.63) is 48.5 Å². The van der Waals surface area contributed by atoms with Crippen LogP contribution in [-0.4, -0.2) is 73.7 Å². The minimum absolute atomic E-state index is 0.00850. The summed E-state index contributed by atoms with van der Waals surface area (Å²) in [5.74, 6) is -0.00248. The van der Waals surface area contributed by atoms with Crippen LogP contribution in [0.2, 0.25) is 0 Å². The fourth-order valence-electron chi connectivity index (χ4n) is 3.96. The lowest BCUT2D eigenvalue weighted by atomic mass is 10.0. The number of amides is 2. The highest BCUT2D eigenvalue weighted by Crippen LogP contribution is 2.36. The molecule has 2 aromatic carbocycles. The monoisotopic (exact) mass is 489 g/mol. The van der Waals surface area contributed by atoms with Gasteiger partial charge in [0.15, 0.2) is 0 Å². The van der Waals surface area contributed by atoms with E-state index in [4.69, 9.17) is 4.74 Å². The second-order valence-electron chi connectivity index (χ2n) is 9.25. The molecule has 0 saturated heterocycles. The van der Waals surface area contributed by atoms with Crippen LogP contribution in [0, 0.1) is 5.92 Å². The summed E-state index contributed by atoms with van der Waals surface area (Å²) in [6.45, 7) is 7.50. The molecule has 0 radical (unpaired) electrons. The van der Waals surface area contributed by atoms with E-state index in [1.807, 2.05) is 51.1 Å². The summed E-state index contributed by atoms with van der Waals surface area (Å²) in [7, 11) is -2.22. The predicted molar refractivity (Wildman–Crippen MR) is 132 cm³/mol. The number of ether oxygens (including phenoxy) is 1. The number of hydrogen-bond acceptors (Lipinski definition) is 5. The SMILES string of the molecule is CC(C)NC(=O)N(C)C[C@H]1Oc2cc(-c3ccccc3)ccc2S(=O)(=O)N([C@H](C)CO)C[C@@H]1C. The number of hydrogen-bond donors (Lipinski definition) is 2. The molecule has 8 nitrogen and oxygen atoms in total. The molecule has 0 aromatic heterocycles. The summed E-state index contributed by atoms with van der Waals surface area (Å²) in [6, 6.07) is 13.9. The molecule has 1 aliphatic heterocycles. The van der Waals surface area contributed by atoms with Crippen LogP contribution in [0.25, 0.3) is 11.1 Å². The average molecular weight is 490 g/mol. The molecular weight excluding hydrogens is 454 g/mol. The van der Waals surface area contributed by atoms with Gasteiger partial charge in [-0.3, -0.25) is 0 Å². The van der Waals surface area contributed by atoms with Crippen LogP contribution in [0.5, 0.6) is 5.75 Å². The Kier molecular flexibility index (Phi) is 8.22. The minimum atomic E-state index is -3.91. The van der Waals surface area contributed by atoms with E-state index in [0.717, 1.165) is 11.1 Å². The first-order valence-corrected chi connectivity index (χ1v) is 13.0. The predicted octanol–water partition coefficient (Wildman–Crippen LogP) is 3.17. The molecule has 0 unspecified atom stereocenters. The second-order valence-corrected chi connectivity index (χ2v) is 11.1. The highest BCUT2D eigenvalue weighted by atomic mass is 32.2. The number of carbonyl (C=O) groups is 1. The van der Waals surface area contributed by atoms with Crippen LogP contribution in [0.3, 0.4) is 0 Å². The molecule has 0 spiro atoms. The molecular formula is C25H35N3O5S. The second kappa shape index (κ2) is 10.8. The summed E-state index contributed by atoms with van der Waals surface area (Å²) >= 11 is 0. The Labute approximate surface area is 202 Å². The van der Waals surface area contributed by atoms with Gasteiger partial charge < -0.3 is 20.1 Å². The van der Waals surface area contributed by atoms with E-state index in [1.165, 1.54) is 4.31 Å². The van der Waals surface area contributed by atoms with Crippen LogP contribution in [0.15, 0.2) is 53.4 Å². The number of urea groups is 1. The van der Waals surface area contributed by atoms with E-state index in [2.05, 4.69) is 5.32 Å². The first kappa shape index (κ1) is 26.0. The zero-order valence-electron chi connectivity index (χ0n) is 20.4. The number of nitrogens with one attached hydrogen (secondary N) is 1. The van der Waals surface area contributed by atoms with Gasteiger partial charge in [0.1, 0.15) is 16.7 Å². The maximum absolute atomic E-state index is 13.6. The third-order valence-electron chi connectivity index (χ3n) is 5.99. The van der Waals surface area contributed by atoms with Crippen molar-refractivity contribution in [1.82, 2.24) is 14.5 Å². The quantitative estimate of drug-likeness (QED) is 0.649. The molecule has 3 rings (SSSR count). The number of aliphatic hydroxyl groups excluding tert-OH is 1. The Hall–Kier alpha value is -2.62. The van der Waals surface area contributed by atoms with Gasteiger partial charge in [0.2, 0.25) is 10.0 Å². The van der Waals surface area contributed by atoms with Gasteiger partial charge in [-0.05, 0) is 44.0 Å². The van der Waals surface area contributed by atoms with Crippen LogP contribution >= 0.6 is 0 Å². The van der Waals surface area contributed by atoms with Crippen molar-refractivity contribution in [2.24, 2.45) is 5.92 Å². The van der Waals surface area contributed by atoms with Gasteiger partial charge in [-0.15, -0.1) is 0 Å². The Morgan fingerprint density at radius 3 is 2.47 bits per heavy atom. The fourth-order valence-corrected chi connectivity index (χ4v) is 5.79. The topological polar surface area (TPSA) is 99.2 Å². The van der Waals surface area contributed by atoms with Crippen LogP contribution in [-0.2, 0) is 10.0 Å². The zero-order valence-corrected chi connectivity index (χ0v) is 21.2. The Morgan fingerprint density at radius 2 is 1.85 bits per heavy atom. The number of nitrogens with zero attached hydrogens (tertiary/aromatic N) is 2. The van der Waals surface area contributed by atoms with Crippen molar-refractivity contribution in [3.8, 4) is 16.9 Å². The molecule has 34 heavy (non-hydrogen) atoms. The van der Waals surface area contributed by atoms with Crippen LogP contribution in [0.4, 0.5) is 4.79 Å². The standard InChI is InChI=1S/C25H35N3O5S/c1-17(2)26-25(30)27(5)15-23-18(3)14-28(19(4)16-29)34(31,32)24-12-11-21(13-22(24)33-23)20-9-7-6-8-10-20/h6-13,17-19,23,29H,14-16H2,1-5H3,(H,26,30)/t18-,19+,23+/m0/s1. The minimum Gasteiger partial charge on any atom is -0.487 e. The molecule has 1 heterocycles. The van der Waals surface area contributed by atoms with E-state index in [-0.39, 0.29) is 48.3 Å². The zero-order chi connectivity index (χ0) is 25.0. The number of carbonyl (C=O) groups excluding carboxylic acids is 1. The molecule has 9 heteroatoms. The highest BCUT2D eigenvalue weighted by Gasteiger charge is 2.38. The van der Waals surface area contributed by atoms with Gasteiger partial charge in [-0.25, -0.2) is 13.2 Å². The molecule has 186 valence electrons. The van der Waals surface area contributed by atoms with Crippen molar-refractivity contribution in [1.29, 1.82) is 0 Å². The van der Waals surface area contributed by atoms with Crippen LogP contribution < -0.4 is 10.1 Å². The molecule has 0 fully saturated rings. The summed E-state index contributed by atoms with van der Waals surface area (Å²) in [5.41, 5.74) is 1.76. The molecule has 2 N–H and O–H groups in total. The largest absolute Gasteiger partial charge is 0.487 e. The lowest BCUT2D eigenvalue weighted by Crippen LogP contribution is -2.51. The van der Waals surface area contributed by atoms with Gasteiger partial charge in [0.25, 0.3) is 0 Å². The summed E-state index contributed by atoms with van der Waals surface area (Å²) < 4.78 is 34.9. The van der Waals surface area contributed by atoms with Gasteiger partial charge >= 0.3 is 6.03 Å². The van der Waals surface area contributed by atoms with E-state index < -0.39 is 22.2 Å². The van der Waals surface area contributed by atoms with Gasteiger partial charge in [-0.1, -0.05) is 43.3 Å². The van der Waals surface area contributed by atoms with Gasteiger partial charge in [0, 0.05) is 31.6 Å². The van der Waals surface area contributed by atoms with E-state index in [1.54, 1.807) is 37.1 Å². The Bertz CT molecular complexity index is 1090. The smallest absolute Gasteiger partial charge is 0.317 e. The average Bonchev–Trinajstić information content (AvgIpc) is 2.80. The highest BCUT2D eigenvalue weighted by molar-refractivity contribution is 7.89. The van der Waals surface area contributed by atoms with Gasteiger partial charge in [-0.2, -0.15) is 4.31 Å². The first-order chi connectivity index (χ1) is 16.0. The number of sulfonamides is 1. The maximum atomic E-state index is 13.6. The Morgan fingerprint density at radius 1 is 1.18 bits per heavy atom. The number of rotatable bonds is 6. The van der Waals surface area contributed by atoms with E-state index in [0.29, 0.717) is 0 Å². The van der Waals surface area contributed by atoms with Crippen molar-refractivity contribution >= 4 is 16.1 Å². The van der Waals surface area contributed by atoms with E-state index >= 15 is 0 Å². The molecule has 2 amide bonds. The summed E-state index contributed by atoms with van der Waals surface area (Å²) in [6.07, 6.45) is -0.462. The van der Waals surface area contributed by atoms with Crippen LogP contribution in [0.1, 0.15) is 27.7 Å². The maximum Gasteiger partial charge on any atom is 0.317 e. The molecule has 0 bridgehead atoms. The van der Waals surface area contributed by atoms with Crippen molar-refractivity contribution in [3.63, 3.8) is 0 Å².